The molecule has 0 saturated heterocycles. The van der Waals surface area contributed by atoms with E-state index in [9.17, 15) is 9.90 Å². The number of hydrogen-bond donors (Lipinski definition) is 1. The average molecular weight is 290 g/mol. The number of carboxylic acid groups (broad SMARTS) is 1. The van der Waals surface area contributed by atoms with E-state index < -0.39 is 5.97 Å². The molecule has 2 aromatic carbocycles. The minimum atomic E-state index is -0.973. The normalized spacial score (nSPS) is 10.3. The van der Waals surface area contributed by atoms with Crippen molar-refractivity contribution in [2.24, 2.45) is 0 Å². The molecule has 4 heteroatoms. The molecule has 0 aliphatic heterocycles. The topological polar surface area (TPSA) is 40.5 Å². The van der Waals surface area contributed by atoms with Crippen LogP contribution in [0, 0.1) is 6.92 Å². The van der Waals surface area contributed by atoms with Gasteiger partial charge in [-0.1, -0.05) is 41.9 Å². The monoisotopic (exact) mass is 289 g/mol. The quantitative estimate of drug-likeness (QED) is 0.925. The third kappa shape index (κ3) is 2.94. The Kier molecular flexibility index (Phi) is 4.30. The minimum Gasteiger partial charge on any atom is -0.478 e. The Morgan fingerprint density at radius 3 is 2.55 bits per heavy atom. The van der Waals surface area contributed by atoms with E-state index in [1.165, 1.54) is 5.56 Å². The van der Waals surface area contributed by atoms with E-state index in [-0.39, 0.29) is 5.56 Å². The summed E-state index contributed by atoms with van der Waals surface area (Å²) in [6.45, 7) is 2.64. The second kappa shape index (κ2) is 5.97. The average Bonchev–Trinajstić information content (AvgIpc) is 2.40. The highest BCUT2D eigenvalue weighted by atomic mass is 35.5. The molecule has 0 spiro atoms. The number of hydrogen-bond acceptors (Lipinski definition) is 2. The van der Waals surface area contributed by atoms with E-state index >= 15 is 0 Å². The van der Waals surface area contributed by atoms with E-state index in [0.717, 1.165) is 5.56 Å². The Morgan fingerprint density at radius 1 is 1.20 bits per heavy atom. The summed E-state index contributed by atoms with van der Waals surface area (Å²) in [5.41, 5.74) is 3.08. The maximum atomic E-state index is 11.3. The standard InChI is InChI=1S/C16H16ClNO2/c1-11-6-3-4-7-12(11)10-18(2)15-13(16(19)20)8-5-9-14(15)17/h3-9H,10H2,1-2H3,(H,19,20). The number of para-hydroxylation sites is 1. The Labute approximate surface area is 123 Å². The number of carboxylic acids is 1. The van der Waals surface area contributed by atoms with Crippen LogP contribution in [0.1, 0.15) is 21.5 Å². The molecule has 0 saturated carbocycles. The van der Waals surface area contributed by atoms with Crippen LogP contribution in [-0.4, -0.2) is 18.1 Å². The molecule has 20 heavy (non-hydrogen) atoms. The molecule has 2 rings (SSSR count). The lowest BCUT2D eigenvalue weighted by atomic mass is 10.1. The fourth-order valence-electron chi connectivity index (χ4n) is 2.20. The molecule has 104 valence electrons. The largest absolute Gasteiger partial charge is 0.478 e. The highest BCUT2D eigenvalue weighted by molar-refractivity contribution is 6.34. The van der Waals surface area contributed by atoms with Crippen molar-refractivity contribution in [2.75, 3.05) is 11.9 Å². The fraction of sp³-hybridized carbons (Fsp3) is 0.188. The van der Waals surface area contributed by atoms with Gasteiger partial charge in [0.2, 0.25) is 0 Å². The fourth-order valence-corrected chi connectivity index (χ4v) is 2.52. The number of nitrogens with zero attached hydrogens (tertiary/aromatic N) is 1. The lowest BCUT2D eigenvalue weighted by Crippen LogP contribution is -2.20. The zero-order valence-electron chi connectivity index (χ0n) is 11.4. The van der Waals surface area contributed by atoms with Crippen molar-refractivity contribution in [3.05, 3.63) is 64.2 Å². The van der Waals surface area contributed by atoms with Gasteiger partial charge in [0, 0.05) is 13.6 Å². The molecule has 0 radical (unpaired) electrons. The number of aromatic carboxylic acids is 1. The van der Waals surface area contributed by atoms with Crippen LogP contribution in [0.5, 0.6) is 0 Å². The lowest BCUT2D eigenvalue weighted by molar-refractivity contribution is 0.0697. The van der Waals surface area contributed by atoms with Gasteiger partial charge in [-0.3, -0.25) is 0 Å². The Hall–Kier alpha value is -2.00. The van der Waals surface area contributed by atoms with Crippen LogP contribution in [0.15, 0.2) is 42.5 Å². The van der Waals surface area contributed by atoms with E-state index in [1.54, 1.807) is 18.2 Å². The van der Waals surface area contributed by atoms with Crippen LogP contribution < -0.4 is 4.90 Å². The van der Waals surface area contributed by atoms with Gasteiger partial charge in [0.1, 0.15) is 0 Å². The summed E-state index contributed by atoms with van der Waals surface area (Å²) >= 11 is 6.17. The van der Waals surface area contributed by atoms with E-state index in [0.29, 0.717) is 17.3 Å². The first-order valence-corrected chi connectivity index (χ1v) is 6.66. The van der Waals surface area contributed by atoms with Crippen LogP contribution in [0.3, 0.4) is 0 Å². The zero-order chi connectivity index (χ0) is 14.7. The van der Waals surface area contributed by atoms with Gasteiger partial charge in [-0.15, -0.1) is 0 Å². The summed E-state index contributed by atoms with van der Waals surface area (Å²) in [6.07, 6.45) is 0. The summed E-state index contributed by atoms with van der Waals surface area (Å²) in [7, 11) is 1.85. The predicted octanol–water partition coefficient (Wildman–Crippen LogP) is 3.98. The Bertz CT molecular complexity index is 640. The van der Waals surface area contributed by atoms with Crippen molar-refractivity contribution in [3.8, 4) is 0 Å². The van der Waals surface area contributed by atoms with Crippen molar-refractivity contribution >= 4 is 23.3 Å². The molecular weight excluding hydrogens is 274 g/mol. The number of anilines is 1. The number of aryl methyl sites for hydroxylation is 1. The van der Waals surface area contributed by atoms with Crippen molar-refractivity contribution in [2.45, 2.75) is 13.5 Å². The number of rotatable bonds is 4. The molecule has 0 bridgehead atoms. The number of benzene rings is 2. The second-order valence-corrected chi connectivity index (χ2v) is 5.13. The third-order valence-corrected chi connectivity index (χ3v) is 3.57. The molecule has 0 unspecified atom stereocenters. The van der Waals surface area contributed by atoms with E-state index in [4.69, 9.17) is 11.6 Å². The van der Waals surface area contributed by atoms with Crippen LogP contribution in [0.4, 0.5) is 5.69 Å². The van der Waals surface area contributed by atoms with Gasteiger partial charge < -0.3 is 10.0 Å². The lowest BCUT2D eigenvalue weighted by Gasteiger charge is -2.23. The van der Waals surface area contributed by atoms with Gasteiger partial charge in [-0.25, -0.2) is 4.79 Å². The van der Waals surface area contributed by atoms with Crippen LogP contribution in [0.2, 0.25) is 5.02 Å². The van der Waals surface area contributed by atoms with Crippen molar-refractivity contribution in [1.82, 2.24) is 0 Å². The minimum absolute atomic E-state index is 0.216. The third-order valence-electron chi connectivity index (χ3n) is 3.27. The molecule has 0 amide bonds. The SMILES string of the molecule is Cc1ccccc1CN(C)c1c(Cl)cccc1C(=O)O. The first kappa shape index (κ1) is 14.4. The molecule has 0 fully saturated rings. The van der Waals surface area contributed by atoms with Crippen LogP contribution in [-0.2, 0) is 6.54 Å². The molecule has 0 aromatic heterocycles. The maximum absolute atomic E-state index is 11.3. The summed E-state index contributed by atoms with van der Waals surface area (Å²) in [4.78, 5) is 13.2. The van der Waals surface area contributed by atoms with E-state index in [2.05, 4.69) is 0 Å². The predicted molar refractivity (Wildman–Crippen MR) is 81.7 cm³/mol. The van der Waals surface area contributed by atoms with E-state index in [1.807, 2.05) is 43.1 Å². The first-order valence-electron chi connectivity index (χ1n) is 6.28. The van der Waals surface area contributed by atoms with Crippen LogP contribution >= 0.6 is 11.6 Å². The molecule has 0 atom stereocenters. The van der Waals surface area contributed by atoms with Gasteiger partial charge in [-0.2, -0.15) is 0 Å². The van der Waals surface area contributed by atoms with Crippen molar-refractivity contribution in [1.29, 1.82) is 0 Å². The molecule has 1 N–H and O–H groups in total. The Balaban J connectivity index is 2.37. The molecule has 0 heterocycles. The highest BCUT2D eigenvalue weighted by Crippen LogP contribution is 2.30. The van der Waals surface area contributed by atoms with Gasteiger partial charge in [0.25, 0.3) is 0 Å². The molecule has 2 aromatic rings. The molecular formula is C16H16ClNO2. The van der Waals surface area contributed by atoms with Gasteiger partial charge in [0.05, 0.1) is 16.3 Å². The number of carbonyl (C=O) groups is 1. The molecule has 3 nitrogen and oxygen atoms in total. The summed E-state index contributed by atoms with van der Waals surface area (Å²) in [5.74, 6) is -0.973. The van der Waals surface area contributed by atoms with Gasteiger partial charge in [0.15, 0.2) is 0 Å². The highest BCUT2D eigenvalue weighted by Gasteiger charge is 2.17. The van der Waals surface area contributed by atoms with Crippen molar-refractivity contribution in [3.63, 3.8) is 0 Å². The van der Waals surface area contributed by atoms with Crippen LogP contribution in [0.25, 0.3) is 0 Å². The first-order chi connectivity index (χ1) is 9.50. The summed E-state index contributed by atoms with van der Waals surface area (Å²) in [5, 5.41) is 9.72. The Morgan fingerprint density at radius 2 is 1.90 bits per heavy atom. The van der Waals surface area contributed by atoms with Gasteiger partial charge in [-0.05, 0) is 30.2 Å². The smallest absolute Gasteiger partial charge is 0.337 e. The van der Waals surface area contributed by atoms with Gasteiger partial charge >= 0.3 is 5.97 Å². The number of halogens is 1. The summed E-state index contributed by atoms with van der Waals surface area (Å²) < 4.78 is 0. The molecule has 0 aliphatic carbocycles. The maximum Gasteiger partial charge on any atom is 0.337 e. The molecule has 0 aliphatic rings. The zero-order valence-corrected chi connectivity index (χ0v) is 12.2. The van der Waals surface area contributed by atoms with Crippen molar-refractivity contribution < 1.29 is 9.90 Å². The summed E-state index contributed by atoms with van der Waals surface area (Å²) in [6, 6.07) is 12.9. The second-order valence-electron chi connectivity index (χ2n) is 4.72.